The van der Waals surface area contributed by atoms with Gasteiger partial charge in [0.1, 0.15) is 5.60 Å². The predicted octanol–water partition coefficient (Wildman–Crippen LogP) is 14.5. The summed E-state index contributed by atoms with van der Waals surface area (Å²) in [5.41, 5.74) is 3.64. The Bertz CT molecular complexity index is 1380. The highest BCUT2D eigenvalue weighted by molar-refractivity contribution is 9.10. The third-order valence-corrected chi connectivity index (χ3v) is 10.4. The number of alkyl halides is 3. The fraction of sp³-hybridized carbons (Fsp3) is 0.478. The lowest BCUT2D eigenvalue weighted by Crippen LogP contribution is -2.36. The Morgan fingerprint density at radius 1 is 0.500 bits per heavy atom. The molecule has 0 aliphatic rings. The van der Waals surface area contributed by atoms with Crippen LogP contribution in [0.4, 0.5) is 13.2 Å². The number of hydrogen-bond acceptors (Lipinski definition) is 2. The van der Waals surface area contributed by atoms with Crippen LogP contribution >= 0.6 is 15.9 Å². The zero-order valence-corrected chi connectivity index (χ0v) is 32.4. The molecule has 4 aromatic rings. The Morgan fingerprint density at radius 2 is 0.923 bits per heavy atom. The molecule has 0 aliphatic carbocycles. The van der Waals surface area contributed by atoms with Crippen LogP contribution in [0.3, 0.4) is 0 Å². The van der Waals surface area contributed by atoms with Gasteiger partial charge >= 0.3 is 6.18 Å². The van der Waals surface area contributed by atoms with E-state index in [0.29, 0.717) is 19.6 Å². The fourth-order valence-corrected chi connectivity index (χ4v) is 7.48. The van der Waals surface area contributed by atoms with Gasteiger partial charge in [0, 0.05) is 10.9 Å². The van der Waals surface area contributed by atoms with E-state index in [2.05, 4.69) is 125 Å². The second kappa shape index (κ2) is 23.7. The number of halogens is 4. The highest BCUT2D eigenvalue weighted by Gasteiger charge is 2.38. The lowest BCUT2D eigenvalue weighted by atomic mass is 9.80. The average Bonchev–Trinajstić information content (AvgIpc) is 3.16. The van der Waals surface area contributed by atoms with Crippen molar-refractivity contribution < 1.29 is 22.6 Å². The highest BCUT2D eigenvalue weighted by Crippen LogP contribution is 2.41. The van der Waals surface area contributed by atoms with Crippen molar-refractivity contribution in [2.75, 3.05) is 6.61 Å². The van der Waals surface area contributed by atoms with Crippen molar-refractivity contribution >= 4 is 15.9 Å². The summed E-state index contributed by atoms with van der Waals surface area (Å²) in [6, 6.07) is 39.9. The minimum atomic E-state index is -4.00. The van der Waals surface area contributed by atoms with Gasteiger partial charge in [0.2, 0.25) is 0 Å². The van der Waals surface area contributed by atoms with Crippen molar-refractivity contribution in [2.45, 2.75) is 134 Å². The van der Waals surface area contributed by atoms with Crippen molar-refractivity contribution in [3.63, 3.8) is 0 Å². The van der Waals surface area contributed by atoms with E-state index >= 15 is 0 Å². The van der Waals surface area contributed by atoms with Crippen LogP contribution in [0, 0.1) is 0 Å². The normalized spacial score (nSPS) is 12.6. The van der Waals surface area contributed by atoms with Crippen molar-refractivity contribution in [3.8, 4) is 0 Å². The first kappa shape index (κ1) is 41.8. The van der Waals surface area contributed by atoms with E-state index in [1.54, 1.807) is 0 Å². The van der Waals surface area contributed by atoms with Gasteiger partial charge in [-0.1, -0.05) is 209 Å². The summed E-state index contributed by atoms with van der Waals surface area (Å²) in [7, 11) is 0. The van der Waals surface area contributed by atoms with Crippen molar-refractivity contribution in [1.29, 1.82) is 0 Å². The predicted molar refractivity (Wildman–Crippen MR) is 212 cm³/mol. The maximum atomic E-state index is 12.2. The molecule has 0 unspecified atom stereocenters. The van der Waals surface area contributed by atoms with Gasteiger partial charge in [-0.25, -0.2) is 0 Å². The molecule has 0 aromatic heterocycles. The molecule has 282 valence electrons. The lowest BCUT2D eigenvalue weighted by molar-refractivity contribution is -0.135. The van der Waals surface area contributed by atoms with Crippen LogP contribution in [-0.2, 0) is 21.7 Å². The monoisotopic (exact) mass is 778 g/mol. The molecule has 4 rings (SSSR count). The largest absolute Gasteiger partial charge is 0.389 e. The summed E-state index contributed by atoms with van der Waals surface area (Å²) in [5.74, 6) is 0. The maximum absolute atomic E-state index is 12.2. The van der Waals surface area contributed by atoms with Crippen LogP contribution in [0.2, 0.25) is 0 Å². The van der Waals surface area contributed by atoms with Gasteiger partial charge in [-0.05, 0) is 47.2 Å². The first-order valence-electron chi connectivity index (χ1n) is 19.6. The van der Waals surface area contributed by atoms with Crippen molar-refractivity contribution in [1.82, 2.24) is 0 Å². The Labute approximate surface area is 319 Å². The fourth-order valence-electron chi connectivity index (χ4n) is 7.04. The first-order valence-corrected chi connectivity index (χ1v) is 20.4. The Balaban J connectivity index is 1.24. The zero-order chi connectivity index (χ0) is 36.7. The molecule has 2 nitrogen and oxygen atoms in total. The molecule has 0 fully saturated rings. The second-order valence-electron chi connectivity index (χ2n) is 14.1. The molecule has 6 heteroatoms. The Kier molecular flexibility index (Phi) is 19.0. The van der Waals surface area contributed by atoms with E-state index in [0.717, 1.165) is 58.8 Å². The smallest absolute Gasteiger partial charge is 0.371 e. The molecule has 0 radical (unpaired) electrons. The molecule has 0 aliphatic heterocycles. The van der Waals surface area contributed by atoms with Gasteiger partial charge < -0.3 is 9.47 Å². The van der Waals surface area contributed by atoms with Crippen LogP contribution in [0.15, 0.2) is 120 Å². The Hall–Kier alpha value is -2.93. The molecule has 0 heterocycles. The van der Waals surface area contributed by atoms with Gasteiger partial charge in [-0.15, -0.1) is 0 Å². The summed E-state index contributed by atoms with van der Waals surface area (Å²) in [6.45, 7) is 0.995. The second-order valence-corrected chi connectivity index (χ2v) is 15.0. The SMILES string of the molecule is FC(F)(F)CCCCCCCCCCCCCCCCC[C@@H](COC(c1ccccc1)(c1ccccc1)c1ccccc1)OCc1cccc(Br)c1. The van der Waals surface area contributed by atoms with Crippen LogP contribution < -0.4 is 0 Å². The molecular formula is C46H58BrF3O2. The molecule has 0 spiro atoms. The van der Waals surface area contributed by atoms with Gasteiger partial charge in [0.15, 0.2) is 0 Å². The highest BCUT2D eigenvalue weighted by atomic mass is 79.9. The number of hydrogen-bond donors (Lipinski definition) is 0. The van der Waals surface area contributed by atoms with E-state index in [9.17, 15) is 13.2 Å². The molecule has 52 heavy (non-hydrogen) atoms. The first-order chi connectivity index (χ1) is 25.4. The number of rotatable bonds is 26. The van der Waals surface area contributed by atoms with E-state index < -0.39 is 18.2 Å². The van der Waals surface area contributed by atoms with Crippen LogP contribution in [0.25, 0.3) is 0 Å². The zero-order valence-electron chi connectivity index (χ0n) is 30.8. The molecule has 0 amide bonds. The standard InChI is InChI=1S/C46H58BrF3O2/c47-43-33-25-26-39(36-43)37-51-44(34-23-12-10-8-6-4-2-1-3-5-7-9-11-13-24-35-45(48,49)50)38-52-46(40-27-17-14-18-28-40,41-29-19-15-20-30-41)42-31-21-16-22-32-42/h14-22,25-33,36,44H,1-13,23-24,34-35,37-38H2/t44-/m0/s1. The van der Waals surface area contributed by atoms with Crippen LogP contribution in [0.1, 0.15) is 131 Å². The number of unbranched alkanes of at least 4 members (excludes halogenated alkanes) is 14. The maximum Gasteiger partial charge on any atom is 0.389 e. The molecule has 4 aromatic carbocycles. The third kappa shape index (κ3) is 15.2. The molecule has 0 saturated heterocycles. The van der Waals surface area contributed by atoms with E-state index in [-0.39, 0.29) is 12.5 Å². The lowest BCUT2D eigenvalue weighted by Gasteiger charge is -2.37. The summed E-state index contributed by atoms with van der Waals surface area (Å²) in [4.78, 5) is 0. The topological polar surface area (TPSA) is 18.5 Å². The average molecular weight is 780 g/mol. The van der Waals surface area contributed by atoms with Gasteiger partial charge in [-0.2, -0.15) is 13.2 Å². The van der Waals surface area contributed by atoms with Crippen LogP contribution in [-0.4, -0.2) is 18.9 Å². The van der Waals surface area contributed by atoms with Gasteiger partial charge in [0.05, 0.1) is 19.3 Å². The summed E-state index contributed by atoms with van der Waals surface area (Å²) in [6.07, 6.45) is 12.7. The molecule has 0 N–H and O–H groups in total. The van der Waals surface area contributed by atoms with Crippen molar-refractivity contribution in [2.24, 2.45) is 0 Å². The summed E-state index contributed by atoms with van der Waals surface area (Å²) >= 11 is 3.61. The van der Waals surface area contributed by atoms with Gasteiger partial charge in [0.25, 0.3) is 0 Å². The summed E-state index contributed by atoms with van der Waals surface area (Å²) < 4.78 is 51.6. The third-order valence-electron chi connectivity index (χ3n) is 9.89. The minimum Gasteiger partial charge on any atom is -0.371 e. The molecule has 1 atom stereocenters. The molecule has 0 bridgehead atoms. The van der Waals surface area contributed by atoms with Crippen molar-refractivity contribution in [3.05, 3.63) is 142 Å². The van der Waals surface area contributed by atoms with E-state index in [1.807, 2.05) is 6.07 Å². The quantitative estimate of drug-likeness (QED) is 0.0467. The van der Waals surface area contributed by atoms with Crippen LogP contribution in [0.5, 0.6) is 0 Å². The molecule has 0 saturated carbocycles. The number of ether oxygens (including phenoxy) is 2. The Morgan fingerprint density at radius 3 is 1.35 bits per heavy atom. The summed E-state index contributed by atoms with van der Waals surface area (Å²) in [5, 5.41) is 0. The molecular weight excluding hydrogens is 721 g/mol. The number of benzene rings is 4. The van der Waals surface area contributed by atoms with E-state index in [4.69, 9.17) is 9.47 Å². The van der Waals surface area contributed by atoms with Gasteiger partial charge in [-0.3, -0.25) is 0 Å². The van der Waals surface area contributed by atoms with E-state index in [1.165, 1.54) is 57.8 Å². The minimum absolute atomic E-state index is 0.0608.